The molecule has 4 heteroatoms. The fourth-order valence-corrected chi connectivity index (χ4v) is 1.60. The molecule has 2 rings (SSSR count). The van der Waals surface area contributed by atoms with Crippen LogP contribution in [0.3, 0.4) is 0 Å². The van der Waals surface area contributed by atoms with Crippen molar-refractivity contribution in [3.05, 3.63) is 23.8 Å². The van der Waals surface area contributed by atoms with Crippen LogP contribution >= 0.6 is 0 Å². The second-order valence-electron chi connectivity index (χ2n) is 4.62. The molecule has 0 radical (unpaired) electrons. The largest absolute Gasteiger partial charge is 0.497 e. The van der Waals surface area contributed by atoms with E-state index in [1.54, 1.807) is 32.4 Å². The van der Waals surface area contributed by atoms with Gasteiger partial charge in [0.15, 0.2) is 0 Å². The standard InChI is InChI=1S/C13H17NO3/c1-13(4-5-13)14-12(15)9-6-10(16-2)8-11(7-9)17-3/h6-8H,4-5H2,1-3H3,(H,14,15). The third kappa shape index (κ3) is 2.70. The summed E-state index contributed by atoms with van der Waals surface area (Å²) in [6, 6.07) is 5.17. The van der Waals surface area contributed by atoms with Gasteiger partial charge in [-0.15, -0.1) is 0 Å². The number of benzene rings is 1. The summed E-state index contributed by atoms with van der Waals surface area (Å²) in [6.07, 6.45) is 2.08. The summed E-state index contributed by atoms with van der Waals surface area (Å²) < 4.78 is 10.3. The van der Waals surface area contributed by atoms with Crippen LogP contribution in [0, 0.1) is 0 Å². The maximum absolute atomic E-state index is 12.0. The molecule has 17 heavy (non-hydrogen) atoms. The van der Waals surface area contributed by atoms with Crippen LogP contribution in [0.2, 0.25) is 0 Å². The fraction of sp³-hybridized carbons (Fsp3) is 0.462. The number of amides is 1. The van der Waals surface area contributed by atoms with E-state index in [4.69, 9.17) is 9.47 Å². The Kier molecular flexibility index (Phi) is 2.96. The van der Waals surface area contributed by atoms with Gasteiger partial charge >= 0.3 is 0 Å². The zero-order valence-electron chi connectivity index (χ0n) is 10.4. The van der Waals surface area contributed by atoms with Crippen LogP contribution in [0.1, 0.15) is 30.1 Å². The second kappa shape index (κ2) is 4.28. The van der Waals surface area contributed by atoms with Crippen molar-refractivity contribution in [2.75, 3.05) is 14.2 Å². The molecule has 92 valence electrons. The molecule has 0 atom stereocenters. The zero-order valence-corrected chi connectivity index (χ0v) is 10.4. The van der Waals surface area contributed by atoms with Crippen molar-refractivity contribution >= 4 is 5.91 Å². The van der Waals surface area contributed by atoms with E-state index in [0.29, 0.717) is 17.1 Å². The summed E-state index contributed by atoms with van der Waals surface area (Å²) in [5.74, 6) is 1.16. The predicted octanol–water partition coefficient (Wildman–Crippen LogP) is 1.99. The van der Waals surface area contributed by atoms with Gasteiger partial charge in [-0.3, -0.25) is 4.79 Å². The normalized spacial score (nSPS) is 16.2. The summed E-state index contributed by atoms with van der Waals surface area (Å²) in [7, 11) is 3.14. The first-order valence-corrected chi connectivity index (χ1v) is 5.62. The number of hydrogen-bond donors (Lipinski definition) is 1. The van der Waals surface area contributed by atoms with Crippen molar-refractivity contribution in [3.63, 3.8) is 0 Å². The first-order valence-electron chi connectivity index (χ1n) is 5.62. The molecular formula is C13H17NO3. The minimum atomic E-state index is -0.0813. The molecule has 0 aliphatic heterocycles. The average Bonchev–Trinajstić information content (AvgIpc) is 3.05. The molecule has 0 spiro atoms. The van der Waals surface area contributed by atoms with Gasteiger partial charge in [-0.1, -0.05) is 0 Å². The van der Waals surface area contributed by atoms with Crippen LogP contribution in [-0.2, 0) is 0 Å². The van der Waals surface area contributed by atoms with Gasteiger partial charge in [-0.25, -0.2) is 0 Å². The number of rotatable bonds is 4. The van der Waals surface area contributed by atoms with Crippen LogP contribution < -0.4 is 14.8 Å². The third-order valence-electron chi connectivity index (χ3n) is 3.03. The Morgan fingerprint density at radius 1 is 1.18 bits per heavy atom. The molecular weight excluding hydrogens is 218 g/mol. The van der Waals surface area contributed by atoms with Crippen LogP contribution in [0.25, 0.3) is 0 Å². The van der Waals surface area contributed by atoms with Gasteiger partial charge in [0, 0.05) is 17.2 Å². The van der Waals surface area contributed by atoms with Crippen LogP contribution in [0.5, 0.6) is 11.5 Å². The highest BCUT2D eigenvalue weighted by atomic mass is 16.5. The summed E-state index contributed by atoms with van der Waals surface area (Å²) in [4.78, 5) is 12.0. The number of carbonyl (C=O) groups is 1. The summed E-state index contributed by atoms with van der Waals surface area (Å²) in [5, 5.41) is 3.00. The van der Waals surface area contributed by atoms with Gasteiger partial charge in [-0.05, 0) is 31.9 Å². The quantitative estimate of drug-likeness (QED) is 0.868. The Morgan fingerprint density at radius 3 is 2.12 bits per heavy atom. The van der Waals surface area contributed by atoms with Gasteiger partial charge in [-0.2, -0.15) is 0 Å². The molecule has 1 aromatic carbocycles. The highest BCUT2D eigenvalue weighted by molar-refractivity contribution is 5.95. The predicted molar refractivity (Wildman–Crippen MR) is 64.7 cm³/mol. The first-order chi connectivity index (χ1) is 8.06. The maximum Gasteiger partial charge on any atom is 0.251 e. The molecule has 1 aliphatic carbocycles. The van der Waals surface area contributed by atoms with E-state index in [9.17, 15) is 4.79 Å². The SMILES string of the molecule is COc1cc(OC)cc(C(=O)NC2(C)CC2)c1. The molecule has 1 aliphatic rings. The van der Waals surface area contributed by atoms with Gasteiger partial charge in [0.05, 0.1) is 14.2 Å². The van der Waals surface area contributed by atoms with Crippen molar-refractivity contribution in [1.29, 1.82) is 0 Å². The number of nitrogens with one attached hydrogen (secondary N) is 1. The van der Waals surface area contributed by atoms with E-state index in [0.717, 1.165) is 12.8 Å². The van der Waals surface area contributed by atoms with Crippen molar-refractivity contribution in [3.8, 4) is 11.5 Å². The molecule has 1 amide bonds. The van der Waals surface area contributed by atoms with E-state index >= 15 is 0 Å². The highest BCUT2D eigenvalue weighted by Crippen LogP contribution is 2.34. The maximum atomic E-state index is 12.0. The van der Waals surface area contributed by atoms with E-state index in [-0.39, 0.29) is 11.4 Å². The Hall–Kier alpha value is -1.71. The van der Waals surface area contributed by atoms with Gasteiger partial charge in [0.1, 0.15) is 11.5 Å². The second-order valence-corrected chi connectivity index (χ2v) is 4.62. The lowest BCUT2D eigenvalue weighted by Crippen LogP contribution is -2.34. The lowest BCUT2D eigenvalue weighted by Gasteiger charge is -2.13. The van der Waals surface area contributed by atoms with Crippen LogP contribution in [0.15, 0.2) is 18.2 Å². The third-order valence-corrected chi connectivity index (χ3v) is 3.03. The monoisotopic (exact) mass is 235 g/mol. The molecule has 0 aromatic heterocycles. The molecule has 0 heterocycles. The Bertz CT molecular complexity index is 416. The smallest absolute Gasteiger partial charge is 0.251 e. The van der Waals surface area contributed by atoms with E-state index in [1.807, 2.05) is 6.92 Å². The molecule has 1 N–H and O–H groups in total. The van der Waals surface area contributed by atoms with E-state index in [1.165, 1.54) is 0 Å². The minimum absolute atomic E-state index is 0.0204. The molecule has 0 unspecified atom stereocenters. The topological polar surface area (TPSA) is 47.6 Å². The summed E-state index contributed by atoms with van der Waals surface area (Å²) in [5.41, 5.74) is 0.544. The molecule has 4 nitrogen and oxygen atoms in total. The summed E-state index contributed by atoms with van der Waals surface area (Å²) >= 11 is 0. The number of hydrogen-bond acceptors (Lipinski definition) is 3. The van der Waals surface area contributed by atoms with Crippen LogP contribution in [-0.4, -0.2) is 25.7 Å². The average molecular weight is 235 g/mol. The molecule has 1 saturated carbocycles. The fourth-order valence-electron chi connectivity index (χ4n) is 1.60. The van der Waals surface area contributed by atoms with Crippen molar-refractivity contribution in [1.82, 2.24) is 5.32 Å². The number of ether oxygens (including phenoxy) is 2. The lowest BCUT2D eigenvalue weighted by atomic mass is 10.1. The lowest BCUT2D eigenvalue weighted by molar-refractivity contribution is 0.0934. The molecule has 0 saturated heterocycles. The molecule has 1 fully saturated rings. The Morgan fingerprint density at radius 2 is 1.71 bits per heavy atom. The van der Waals surface area contributed by atoms with Crippen molar-refractivity contribution in [2.45, 2.75) is 25.3 Å². The number of methoxy groups -OCH3 is 2. The van der Waals surface area contributed by atoms with Gasteiger partial charge in [0.2, 0.25) is 0 Å². The summed E-state index contributed by atoms with van der Waals surface area (Å²) in [6.45, 7) is 2.04. The first kappa shape index (κ1) is 11.8. The molecule has 1 aromatic rings. The van der Waals surface area contributed by atoms with Crippen molar-refractivity contribution in [2.24, 2.45) is 0 Å². The van der Waals surface area contributed by atoms with E-state index < -0.39 is 0 Å². The van der Waals surface area contributed by atoms with Crippen molar-refractivity contribution < 1.29 is 14.3 Å². The van der Waals surface area contributed by atoms with Gasteiger partial charge < -0.3 is 14.8 Å². The van der Waals surface area contributed by atoms with E-state index in [2.05, 4.69) is 5.32 Å². The van der Waals surface area contributed by atoms with Crippen LogP contribution in [0.4, 0.5) is 0 Å². The molecule has 0 bridgehead atoms. The Labute approximate surface area is 101 Å². The van der Waals surface area contributed by atoms with Gasteiger partial charge in [0.25, 0.3) is 5.91 Å². The minimum Gasteiger partial charge on any atom is -0.497 e. The Balaban J connectivity index is 2.21. The number of carbonyl (C=O) groups excluding carboxylic acids is 1. The zero-order chi connectivity index (χ0) is 12.5. The highest BCUT2D eigenvalue weighted by Gasteiger charge is 2.38.